The minimum Gasteiger partial charge on any atom is -0.496 e. The molecule has 1 aromatic heterocycles. The number of ether oxygens (including phenoxy) is 2. The number of para-hydroxylation sites is 1. The number of fused-ring (bicyclic) bond motifs is 1. The first-order valence-corrected chi connectivity index (χ1v) is 6.80. The molecule has 8 heteroatoms. The second kappa shape index (κ2) is 5.88. The molecule has 0 spiro atoms. The fraction of sp³-hybridized carbons (Fsp3) is 0.125. The van der Waals surface area contributed by atoms with E-state index in [1.54, 1.807) is 24.3 Å². The number of nitrogens with zero attached hydrogens (tertiary/aromatic N) is 1. The number of alkyl halides is 3. The fourth-order valence-corrected chi connectivity index (χ4v) is 2.28. The smallest absolute Gasteiger partial charge is 0.496 e. The number of rotatable bonds is 3. The fourth-order valence-electron chi connectivity index (χ4n) is 2.28. The number of methoxy groups -OCH3 is 1. The van der Waals surface area contributed by atoms with Crippen LogP contribution in [0, 0.1) is 0 Å². The van der Waals surface area contributed by atoms with Crippen LogP contribution in [0.3, 0.4) is 0 Å². The van der Waals surface area contributed by atoms with Crippen molar-refractivity contribution >= 4 is 10.9 Å². The minimum atomic E-state index is -4.82. The van der Waals surface area contributed by atoms with Gasteiger partial charge in [-0.05, 0) is 30.3 Å². The summed E-state index contributed by atoms with van der Waals surface area (Å²) in [6, 6.07) is 10.2. The summed E-state index contributed by atoms with van der Waals surface area (Å²) >= 11 is 0. The Labute approximate surface area is 133 Å². The van der Waals surface area contributed by atoms with Crippen molar-refractivity contribution in [1.29, 1.82) is 0 Å². The third-order valence-corrected chi connectivity index (χ3v) is 3.27. The molecule has 0 amide bonds. The van der Waals surface area contributed by atoms with Gasteiger partial charge in [-0.3, -0.25) is 4.79 Å². The molecule has 0 aliphatic carbocycles. The highest BCUT2D eigenvalue weighted by Crippen LogP contribution is 2.33. The number of H-pyrrole nitrogens is 1. The number of hydrogen-bond donors (Lipinski definition) is 1. The molecule has 0 atom stereocenters. The molecule has 3 aromatic rings. The van der Waals surface area contributed by atoms with E-state index in [4.69, 9.17) is 4.74 Å². The van der Waals surface area contributed by atoms with E-state index >= 15 is 0 Å². The highest BCUT2D eigenvalue weighted by molar-refractivity contribution is 5.80. The van der Waals surface area contributed by atoms with Crippen molar-refractivity contribution in [2.24, 2.45) is 0 Å². The largest absolute Gasteiger partial charge is 0.573 e. The van der Waals surface area contributed by atoms with Crippen LogP contribution >= 0.6 is 0 Å². The van der Waals surface area contributed by atoms with E-state index in [0.717, 1.165) is 12.1 Å². The maximum Gasteiger partial charge on any atom is 0.573 e. The third kappa shape index (κ3) is 3.17. The summed E-state index contributed by atoms with van der Waals surface area (Å²) in [6.07, 6.45) is -4.82. The van der Waals surface area contributed by atoms with Crippen molar-refractivity contribution in [1.82, 2.24) is 9.97 Å². The zero-order valence-corrected chi connectivity index (χ0v) is 12.3. The van der Waals surface area contributed by atoms with Crippen molar-refractivity contribution in [3.05, 3.63) is 52.8 Å². The van der Waals surface area contributed by atoms with Gasteiger partial charge in [0.05, 0.1) is 23.6 Å². The number of benzene rings is 2. The predicted octanol–water partition coefficient (Wildman–Crippen LogP) is 3.50. The van der Waals surface area contributed by atoms with Gasteiger partial charge in [0.15, 0.2) is 0 Å². The maximum atomic E-state index is 12.4. The van der Waals surface area contributed by atoms with E-state index in [1.165, 1.54) is 13.2 Å². The Morgan fingerprint density at radius 2 is 1.88 bits per heavy atom. The lowest BCUT2D eigenvalue weighted by molar-refractivity contribution is -0.274. The van der Waals surface area contributed by atoms with Crippen LogP contribution in [0.15, 0.2) is 47.3 Å². The topological polar surface area (TPSA) is 64.2 Å². The Hall–Kier alpha value is -3.03. The van der Waals surface area contributed by atoms with Gasteiger partial charge in [0.2, 0.25) is 0 Å². The van der Waals surface area contributed by atoms with E-state index in [2.05, 4.69) is 14.7 Å². The molecule has 0 aliphatic rings. The van der Waals surface area contributed by atoms with Crippen LogP contribution in [0.2, 0.25) is 0 Å². The SMILES string of the molecule is COc1ccc(OC(F)(F)F)cc1-c1nc2ccccc2c(=O)[nH]1. The van der Waals surface area contributed by atoms with E-state index in [0.29, 0.717) is 10.9 Å². The highest BCUT2D eigenvalue weighted by atomic mass is 19.4. The molecule has 3 rings (SSSR count). The number of hydrogen-bond acceptors (Lipinski definition) is 4. The summed E-state index contributed by atoms with van der Waals surface area (Å²) in [5.74, 6) is -0.0970. The molecule has 24 heavy (non-hydrogen) atoms. The predicted molar refractivity (Wildman–Crippen MR) is 81.0 cm³/mol. The number of aromatic amines is 1. The highest BCUT2D eigenvalue weighted by Gasteiger charge is 2.31. The van der Waals surface area contributed by atoms with Crippen molar-refractivity contribution in [2.75, 3.05) is 7.11 Å². The Morgan fingerprint density at radius 1 is 1.12 bits per heavy atom. The van der Waals surface area contributed by atoms with Crippen LogP contribution in [-0.4, -0.2) is 23.4 Å². The Morgan fingerprint density at radius 3 is 2.58 bits per heavy atom. The second-order valence-corrected chi connectivity index (χ2v) is 4.84. The molecule has 1 heterocycles. The first-order valence-electron chi connectivity index (χ1n) is 6.80. The van der Waals surface area contributed by atoms with Gasteiger partial charge in [-0.15, -0.1) is 13.2 Å². The van der Waals surface area contributed by atoms with Gasteiger partial charge in [0.1, 0.15) is 17.3 Å². The summed E-state index contributed by atoms with van der Waals surface area (Å²) in [6.45, 7) is 0. The third-order valence-electron chi connectivity index (χ3n) is 3.27. The summed E-state index contributed by atoms with van der Waals surface area (Å²) in [5.41, 5.74) is 0.197. The molecule has 1 N–H and O–H groups in total. The van der Waals surface area contributed by atoms with Gasteiger partial charge >= 0.3 is 6.36 Å². The molecule has 124 valence electrons. The van der Waals surface area contributed by atoms with Crippen LogP contribution < -0.4 is 15.0 Å². The molecule has 0 bridgehead atoms. The van der Waals surface area contributed by atoms with Crippen LogP contribution in [0.1, 0.15) is 0 Å². The zero-order valence-electron chi connectivity index (χ0n) is 12.3. The van der Waals surface area contributed by atoms with Crippen LogP contribution in [-0.2, 0) is 0 Å². The molecule has 2 aromatic carbocycles. The first kappa shape index (κ1) is 15.9. The number of halogens is 3. The lowest BCUT2D eigenvalue weighted by Crippen LogP contribution is -2.17. The first-order chi connectivity index (χ1) is 11.4. The Bertz CT molecular complexity index is 951. The summed E-state index contributed by atoms with van der Waals surface area (Å²) in [4.78, 5) is 19.0. The molecular formula is C16H11F3N2O3. The zero-order chi connectivity index (χ0) is 17.3. The summed E-state index contributed by atoms with van der Waals surface area (Å²) in [7, 11) is 1.36. The minimum absolute atomic E-state index is 0.0863. The Kier molecular flexibility index (Phi) is 3.88. The van der Waals surface area contributed by atoms with Crippen molar-refractivity contribution in [2.45, 2.75) is 6.36 Å². The number of nitrogens with one attached hydrogen (secondary N) is 1. The normalized spacial score (nSPS) is 11.5. The average Bonchev–Trinajstić information content (AvgIpc) is 2.53. The van der Waals surface area contributed by atoms with Crippen molar-refractivity contribution in [3.63, 3.8) is 0 Å². The maximum absolute atomic E-state index is 12.4. The van der Waals surface area contributed by atoms with Gasteiger partial charge in [-0.1, -0.05) is 12.1 Å². The van der Waals surface area contributed by atoms with E-state index in [-0.39, 0.29) is 17.1 Å². The van der Waals surface area contributed by atoms with Gasteiger partial charge in [0, 0.05) is 0 Å². The summed E-state index contributed by atoms with van der Waals surface area (Å²) in [5, 5.41) is 0.378. The van der Waals surface area contributed by atoms with Crippen LogP contribution in [0.4, 0.5) is 13.2 Å². The molecular weight excluding hydrogens is 325 g/mol. The van der Waals surface area contributed by atoms with E-state index in [1.807, 2.05) is 0 Å². The van der Waals surface area contributed by atoms with Crippen LogP contribution in [0.25, 0.3) is 22.3 Å². The van der Waals surface area contributed by atoms with Gasteiger partial charge in [-0.2, -0.15) is 0 Å². The molecule has 0 aliphatic heterocycles. The number of aromatic nitrogens is 2. The van der Waals surface area contributed by atoms with E-state index in [9.17, 15) is 18.0 Å². The molecule has 0 unspecified atom stereocenters. The molecule has 5 nitrogen and oxygen atoms in total. The van der Waals surface area contributed by atoms with Crippen molar-refractivity contribution < 1.29 is 22.6 Å². The molecule has 0 radical (unpaired) electrons. The molecule has 0 fully saturated rings. The average molecular weight is 336 g/mol. The molecule has 0 saturated carbocycles. The van der Waals surface area contributed by atoms with Crippen molar-refractivity contribution in [3.8, 4) is 22.9 Å². The van der Waals surface area contributed by atoms with E-state index < -0.39 is 17.7 Å². The summed E-state index contributed by atoms with van der Waals surface area (Å²) < 4.78 is 46.3. The lowest BCUT2D eigenvalue weighted by atomic mass is 10.1. The quantitative estimate of drug-likeness (QED) is 0.795. The van der Waals surface area contributed by atoms with Gasteiger partial charge < -0.3 is 14.5 Å². The standard InChI is InChI=1S/C16H11F3N2O3/c1-23-13-7-6-9(24-16(17,18)19)8-11(13)14-20-12-5-3-2-4-10(12)15(22)21-14/h2-8H,1H3,(H,20,21,22). The van der Waals surface area contributed by atoms with Crippen LogP contribution in [0.5, 0.6) is 11.5 Å². The molecule has 0 saturated heterocycles. The monoisotopic (exact) mass is 336 g/mol. The lowest BCUT2D eigenvalue weighted by Gasteiger charge is -2.13. The van der Waals surface area contributed by atoms with Gasteiger partial charge in [-0.25, -0.2) is 4.98 Å². The second-order valence-electron chi connectivity index (χ2n) is 4.84. The Balaban J connectivity index is 2.17. The van der Waals surface area contributed by atoms with Gasteiger partial charge in [0.25, 0.3) is 5.56 Å².